The van der Waals surface area contributed by atoms with Gasteiger partial charge in [-0.05, 0) is 53.7 Å². The second kappa shape index (κ2) is 5.96. The van der Waals surface area contributed by atoms with Crippen LogP contribution in [0.2, 0.25) is 0 Å². The van der Waals surface area contributed by atoms with Gasteiger partial charge in [0, 0.05) is 23.5 Å². The predicted molar refractivity (Wildman–Crippen MR) is 83.5 cm³/mol. The average molecular weight is 373 g/mol. The number of carboxylic acids is 1. The number of carboxylic acid groups (broad SMARTS) is 1. The van der Waals surface area contributed by atoms with Gasteiger partial charge in [-0.1, -0.05) is 0 Å². The molecule has 2 aliphatic heterocycles. The molecule has 0 spiro atoms. The van der Waals surface area contributed by atoms with Crippen LogP contribution in [0.1, 0.15) is 24.1 Å². The fraction of sp³-hybridized carbons (Fsp3) is 0.571. The van der Waals surface area contributed by atoms with Gasteiger partial charge in [0.15, 0.2) is 0 Å². The van der Waals surface area contributed by atoms with Crippen molar-refractivity contribution in [3.05, 3.63) is 20.8 Å². The maximum atomic E-state index is 12.3. The zero-order valence-corrected chi connectivity index (χ0v) is 13.8. The van der Waals surface area contributed by atoms with Gasteiger partial charge in [0.05, 0.1) is 9.70 Å². The van der Waals surface area contributed by atoms with Crippen LogP contribution in [0.5, 0.6) is 0 Å². The highest BCUT2D eigenvalue weighted by Gasteiger charge is 2.51. The molecule has 0 aromatic carbocycles. The largest absolute Gasteiger partial charge is 0.481 e. The Balaban J connectivity index is 1.53. The number of fused-ring (bicyclic) bond motifs is 2. The fourth-order valence-electron chi connectivity index (χ4n) is 3.44. The third-order valence-corrected chi connectivity index (χ3v) is 6.05. The molecule has 3 heterocycles. The Kier molecular flexibility index (Phi) is 4.21. The van der Waals surface area contributed by atoms with E-state index in [0.717, 1.165) is 23.0 Å². The van der Waals surface area contributed by atoms with Crippen molar-refractivity contribution in [3.63, 3.8) is 0 Å². The molecule has 3 rings (SSSR count). The first kappa shape index (κ1) is 14.8. The number of urea groups is 1. The highest BCUT2D eigenvalue weighted by Crippen LogP contribution is 2.41. The highest BCUT2D eigenvalue weighted by molar-refractivity contribution is 9.11. The van der Waals surface area contributed by atoms with E-state index in [4.69, 9.17) is 0 Å². The van der Waals surface area contributed by atoms with Gasteiger partial charge in [0.25, 0.3) is 0 Å². The molecule has 2 N–H and O–H groups in total. The van der Waals surface area contributed by atoms with Gasteiger partial charge in [-0.25, -0.2) is 4.79 Å². The number of carbonyl (C=O) groups excluding carboxylic acids is 1. The van der Waals surface area contributed by atoms with Crippen molar-refractivity contribution in [3.8, 4) is 0 Å². The Labute approximate surface area is 135 Å². The second-order valence-corrected chi connectivity index (χ2v) is 8.12. The number of carbonyl (C=O) groups is 2. The maximum absolute atomic E-state index is 12.3. The summed E-state index contributed by atoms with van der Waals surface area (Å²) in [5.41, 5.74) is 0. The molecule has 21 heavy (non-hydrogen) atoms. The Bertz CT molecular complexity index is 562. The summed E-state index contributed by atoms with van der Waals surface area (Å²) in [6.45, 7) is 0.583. The minimum absolute atomic E-state index is 0.104. The number of hydrogen-bond acceptors (Lipinski definition) is 3. The van der Waals surface area contributed by atoms with Crippen molar-refractivity contribution >= 4 is 39.3 Å². The van der Waals surface area contributed by atoms with Gasteiger partial charge < -0.3 is 15.3 Å². The van der Waals surface area contributed by atoms with E-state index in [1.165, 1.54) is 4.88 Å². The quantitative estimate of drug-likeness (QED) is 0.853. The number of rotatable bonds is 4. The SMILES string of the molecule is O=C(O)C1CC2CCC1N2C(=O)NCCc1ccc(Br)s1. The summed E-state index contributed by atoms with van der Waals surface area (Å²) >= 11 is 5.08. The fourth-order valence-corrected chi connectivity index (χ4v) is 4.92. The van der Waals surface area contributed by atoms with Crippen LogP contribution in [0, 0.1) is 5.92 Å². The van der Waals surface area contributed by atoms with E-state index in [9.17, 15) is 14.7 Å². The highest BCUT2D eigenvalue weighted by atomic mass is 79.9. The van der Waals surface area contributed by atoms with Gasteiger partial charge >= 0.3 is 12.0 Å². The van der Waals surface area contributed by atoms with Crippen LogP contribution < -0.4 is 5.32 Å². The standard InChI is InChI=1S/C14H17BrN2O3S/c15-12-4-2-9(21-12)5-6-16-14(20)17-8-1-3-11(17)10(7-8)13(18)19/h2,4,8,10-11H,1,3,5-7H2,(H,16,20)(H,18,19). The molecule has 0 saturated carbocycles. The van der Waals surface area contributed by atoms with Crippen LogP contribution in [0.4, 0.5) is 4.79 Å². The molecule has 2 bridgehead atoms. The van der Waals surface area contributed by atoms with Crippen LogP contribution in [0.15, 0.2) is 15.9 Å². The maximum Gasteiger partial charge on any atom is 0.317 e. The van der Waals surface area contributed by atoms with Crippen LogP contribution in [0.3, 0.4) is 0 Å². The first-order chi connectivity index (χ1) is 10.1. The molecular weight excluding hydrogens is 356 g/mol. The van der Waals surface area contributed by atoms with Crippen molar-refractivity contribution in [2.75, 3.05) is 6.54 Å². The monoisotopic (exact) mass is 372 g/mol. The molecule has 0 radical (unpaired) electrons. The van der Waals surface area contributed by atoms with E-state index in [-0.39, 0.29) is 24.0 Å². The number of thiophene rings is 1. The van der Waals surface area contributed by atoms with Crippen LogP contribution in [0.25, 0.3) is 0 Å². The summed E-state index contributed by atoms with van der Waals surface area (Å²) < 4.78 is 1.09. The number of hydrogen-bond donors (Lipinski definition) is 2. The molecule has 3 atom stereocenters. The van der Waals surface area contributed by atoms with Crippen molar-refractivity contribution in [1.82, 2.24) is 10.2 Å². The molecule has 3 unspecified atom stereocenters. The number of nitrogens with zero attached hydrogens (tertiary/aromatic N) is 1. The van der Waals surface area contributed by atoms with E-state index in [2.05, 4.69) is 21.2 Å². The lowest BCUT2D eigenvalue weighted by Crippen LogP contribution is -2.44. The van der Waals surface area contributed by atoms with Gasteiger partial charge in [0.2, 0.25) is 0 Å². The summed E-state index contributed by atoms with van der Waals surface area (Å²) in [4.78, 5) is 26.5. The summed E-state index contributed by atoms with van der Waals surface area (Å²) in [5, 5.41) is 12.1. The first-order valence-electron chi connectivity index (χ1n) is 7.09. The molecule has 1 aromatic rings. The van der Waals surface area contributed by atoms with Gasteiger partial charge in [-0.15, -0.1) is 11.3 Å². The lowest BCUT2D eigenvalue weighted by molar-refractivity contribution is -0.142. The molecule has 0 aliphatic carbocycles. The third-order valence-electron chi connectivity index (χ3n) is 4.37. The van der Waals surface area contributed by atoms with E-state index in [0.29, 0.717) is 13.0 Å². The van der Waals surface area contributed by atoms with E-state index in [1.54, 1.807) is 16.2 Å². The van der Waals surface area contributed by atoms with Gasteiger partial charge in [0.1, 0.15) is 0 Å². The first-order valence-corrected chi connectivity index (χ1v) is 8.70. The zero-order chi connectivity index (χ0) is 15.0. The smallest absolute Gasteiger partial charge is 0.317 e. The Hall–Kier alpha value is -1.08. The topological polar surface area (TPSA) is 69.6 Å². The number of nitrogens with one attached hydrogen (secondary N) is 1. The molecule has 2 fully saturated rings. The van der Waals surface area contributed by atoms with E-state index >= 15 is 0 Å². The van der Waals surface area contributed by atoms with E-state index in [1.807, 2.05) is 12.1 Å². The molecule has 2 saturated heterocycles. The Morgan fingerprint density at radius 3 is 2.86 bits per heavy atom. The number of amides is 2. The summed E-state index contributed by atoms with van der Waals surface area (Å²) in [5.74, 6) is -1.16. The number of halogens is 1. The number of aliphatic carboxylic acids is 1. The summed E-state index contributed by atoms with van der Waals surface area (Å²) in [7, 11) is 0. The third kappa shape index (κ3) is 2.94. The van der Waals surface area contributed by atoms with Crippen molar-refractivity contribution < 1.29 is 14.7 Å². The van der Waals surface area contributed by atoms with Gasteiger partial charge in [-0.3, -0.25) is 4.79 Å². The minimum Gasteiger partial charge on any atom is -0.481 e. The summed E-state index contributed by atoms with van der Waals surface area (Å²) in [6.07, 6.45) is 3.14. The molecule has 5 nitrogen and oxygen atoms in total. The van der Waals surface area contributed by atoms with Crippen LogP contribution in [-0.2, 0) is 11.2 Å². The zero-order valence-electron chi connectivity index (χ0n) is 11.4. The molecule has 114 valence electrons. The molecule has 7 heteroatoms. The summed E-state index contributed by atoms with van der Waals surface area (Å²) in [6, 6.07) is 3.91. The molecular formula is C14H17BrN2O3S. The Morgan fingerprint density at radius 1 is 1.43 bits per heavy atom. The van der Waals surface area contributed by atoms with Crippen LogP contribution in [-0.4, -0.2) is 40.6 Å². The van der Waals surface area contributed by atoms with Crippen LogP contribution >= 0.6 is 27.3 Å². The minimum atomic E-state index is -0.775. The molecule has 1 aromatic heterocycles. The lowest BCUT2D eigenvalue weighted by Gasteiger charge is -2.23. The molecule has 2 amide bonds. The molecule has 2 aliphatic rings. The normalized spacial score (nSPS) is 27.1. The van der Waals surface area contributed by atoms with Crippen molar-refractivity contribution in [2.24, 2.45) is 5.92 Å². The Morgan fingerprint density at radius 2 is 2.24 bits per heavy atom. The second-order valence-electron chi connectivity index (χ2n) is 5.57. The average Bonchev–Trinajstić information content (AvgIpc) is 3.12. The van der Waals surface area contributed by atoms with Crippen molar-refractivity contribution in [2.45, 2.75) is 37.8 Å². The van der Waals surface area contributed by atoms with E-state index < -0.39 is 5.97 Å². The predicted octanol–water partition coefficient (Wildman–Crippen LogP) is 2.70. The van der Waals surface area contributed by atoms with Crippen molar-refractivity contribution in [1.29, 1.82) is 0 Å². The van der Waals surface area contributed by atoms with Gasteiger partial charge in [-0.2, -0.15) is 0 Å². The lowest BCUT2D eigenvalue weighted by atomic mass is 9.89.